The van der Waals surface area contributed by atoms with Crippen molar-refractivity contribution in [3.05, 3.63) is 0 Å². The summed E-state index contributed by atoms with van der Waals surface area (Å²) in [4.78, 5) is 0. The molecule has 0 fully saturated rings. The lowest BCUT2D eigenvalue weighted by Gasteiger charge is -2.33. The van der Waals surface area contributed by atoms with Crippen molar-refractivity contribution in [2.45, 2.75) is 45.0 Å². The third kappa shape index (κ3) is 9.32. The topological polar surface area (TPSA) is 106 Å². The second kappa shape index (κ2) is 12.8. The van der Waals surface area contributed by atoms with E-state index in [0.29, 0.717) is 45.9 Å². The summed E-state index contributed by atoms with van der Waals surface area (Å²) in [5.74, 6) is -0.964. The van der Waals surface area contributed by atoms with Gasteiger partial charge in [-0.1, -0.05) is 6.92 Å². The highest BCUT2D eigenvalue weighted by Crippen LogP contribution is 2.23. The molecular formula is C13H31N3O3. The van der Waals surface area contributed by atoms with Gasteiger partial charge in [0.15, 0.2) is 0 Å². The number of nitrogens with two attached hydrogens (primary N) is 3. The highest BCUT2D eigenvalue weighted by Gasteiger charge is 2.32. The molecule has 0 aromatic rings. The second-order valence-electron chi connectivity index (χ2n) is 4.41. The van der Waals surface area contributed by atoms with Crippen LogP contribution in [0, 0.1) is 0 Å². The van der Waals surface area contributed by atoms with Gasteiger partial charge in [-0.05, 0) is 45.3 Å². The smallest absolute Gasteiger partial charge is 0.282 e. The molecule has 0 heterocycles. The molecule has 0 unspecified atom stereocenters. The van der Waals surface area contributed by atoms with Gasteiger partial charge in [0.05, 0.1) is 19.8 Å². The predicted molar refractivity (Wildman–Crippen MR) is 76.5 cm³/mol. The Morgan fingerprint density at radius 3 is 1.37 bits per heavy atom. The van der Waals surface area contributed by atoms with E-state index >= 15 is 0 Å². The van der Waals surface area contributed by atoms with Crippen molar-refractivity contribution >= 4 is 0 Å². The molecular weight excluding hydrogens is 246 g/mol. The maximum Gasteiger partial charge on any atom is 0.282 e. The van der Waals surface area contributed by atoms with Gasteiger partial charge in [0.2, 0.25) is 0 Å². The molecule has 116 valence electrons. The molecule has 0 amide bonds. The summed E-state index contributed by atoms with van der Waals surface area (Å²) in [7, 11) is 0. The van der Waals surface area contributed by atoms with Gasteiger partial charge in [0.25, 0.3) is 5.97 Å². The van der Waals surface area contributed by atoms with Crippen LogP contribution in [0.3, 0.4) is 0 Å². The van der Waals surface area contributed by atoms with E-state index in [2.05, 4.69) is 6.92 Å². The summed E-state index contributed by atoms with van der Waals surface area (Å²) in [6.45, 7) is 5.43. The fourth-order valence-corrected chi connectivity index (χ4v) is 1.58. The third-order valence-corrected chi connectivity index (χ3v) is 2.57. The van der Waals surface area contributed by atoms with Gasteiger partial charge in [-0.15, -0.1) is 0 Å². The van der Waals surface area contributed by atoms with Crippen molar-refractivity contribution < 1.29 is 14.2 Å². The van der Waals surface area contributed by atoms with Crippen LogP contribution in [0.5, 0.6) is 0 Å². The molecule has 6 N–H and O–H groups in total. The molecule has 0 aromatic heterocycles. The zero-order valence-electron chi connectivity index (χ0n) is 12.2. The van der Waals surface area contributed by atoms with E-state index in [9.17, 15) is 0 Å². The van der Waals surface area contributed by atoms with E-state index in [0.717, 1.165) is 25.7 Å². The van der Waals surface area contributed by atoms with E-state index in [1.165, 1.54) is 0 Å². The van der Waals surface area contributed by atoms with Crippen LogP contribution in [0.4, 0.5) is 0 Å². The average Bonchev–Trinajstić information content (AvgIpc) is 2.40. The normalized spacial score (nSPS) is 12.0. The Bertz CT molecular complexity index is 167. The van der Waals surface area contributed by atoms with Crippen LogP contribution in [0.15, 0.2) is 0 Å². The first-order valence-electron chi connectivity index (χ1n) is 7.26. The average molecular weight is 277 g/mol. The Morgan fingerprint density at radius 2 is 1.11 bits per heavy atom. The van der Waals surface area contributed by atoms with Gasteiger partial charge in [-0.3, -0.25) is 0 Å². The van der Waals surface area contributed by atoms with Crippen LogP contribution in [0.1, 0.15) is 39.0 Å². The van der Waals surface area contributed by atoms with Gasteiger partial charge in [0.1, 0.15) is 0 Å². The standard InChI is InChI=1S/C13H31N3O3/c1-2-6-13(17-10-3-7-14,18-11-4-8-15)19-12-5-9-16/h2-12,14-16H2,1H3. The minimum absolute atomic E-state index is 0.530. The Labute approximate surface area is 116 Å². The Balaban J connectivity index is 4.37. The van der Waals surface area contributed by atoms with Gasteiger partial charge in [-0.2, -0.15) is 0 Å². The van der Waals surface area contributed by atoms with Gasteiger partial charge in [0, 0.05) is 6.42 Å². The van der Waals surface area contributed by atoms with E-state index in [4.69, 9.17) is 31.4 Å². The molecule has 0 bridgehead atoms. The summed E-state index contributed by atoms with van der Waals surface area (Å²) in [6, 6.07) is 0. The molecule has 0 aromatic carbocycles. The molecule has 0 saturated heterocycles. The zero-order valence-corrected chi connectivity index (χ0v) is 12.2. The fraction of sp³-hybridized carbons (Fsp3) is 1.00. The lowest BCUT2D eigenvalue weighted by molar-refractivity contribution is -0.383. The summed E-state index contributed by atoms with van der Waals surface area (Å²) in [5.41, 5.74) is 16.4. The highest BCUT2D eigenvalue weighted by molar-refractivity contribution is 4.59. The lowest BCUT2D eigenvalue weighted by Crippen LogP contribution is -2.41. The summed E-state index contributed by atoms with van der Waals surface area (Å²) >= 11 is 0. The van der Waals surface area contributed by atoms with Gasteiger partial charge >= 0.3 is 0 Å². The first kappa shape index (κ1) is 18.8. The maximum atomic E-state index is 5.80. The Kier molecular flexibility index (Phi) is 12.6. The lowest BCUT2D eigenvalue weighted by atomic mass is 10.3. The summed E-state index contributed by atoms with van der Waals surface area (Å²) in [5, 5.41) is 0. The fourth-order valence-electron chi connectivity index (χ4n) is 1.58. The quantitative estimate of drug-likeness (QED) is 0.316. The number of rotatable bonds is 14. The molecule has 0 radical (unpaired) electrons. The van der Waals surface area contributed by atoms with E-state index < -0.39 is 5.97 Å². The third-order valence-electron chi connectivity index (χ3n) is 2.57. The molecule has 0 spiro atoms. The number of ether oxygens (including phenoxy) is 3. The zero-order chi connectivity index (χ0) is 14.4. The SMILES string of the molecule is CCCC(OCCCN)(OCCCN)OCCCN. The molecule has 19 heavy (non-hydrogen) atoms. The van der Waals surface area contributed by atoms with Crippen molar-refractivity contribution in [1.29, 1.82) is 0 Å². The summed E-state index contributed by atoms with van der Waals surface area (Å²) in [6.07, 6.45) is 3.95. The van der Waals surface area contributed by atoms with Crippen LogP contribution in [-0.2, 0) is 14.2 Å². The molecule has 0 aliphatic rings. The van der Waals surface area contributed by atoms with Gasteiger partial charge in [-0.25, -0.2) is 0 Å². The van der Waals surface area contributed by atoms with E-state index in [-0.39, 0.29) is 0 Å². The Morgan fingerprint density at radius 1 is 0.737 bits per heavy atom. The van der Waals surface area contributed by atoms with Crippen molar-refractivity contribution in [2.24, 2.45) is 17.2 Å². The highest BCUT2D eigenvalue weighted by atomic mass is 16.9. The predicted octanol–water partition coefficient (Wildman–Crippen LogP) is 0.537. The van der Waals surface area contributed by atoms with Crippen molar-refractivity contribution in [2.75, 3.05) is 39.5 Å². The number of hydrogen-bond donors (Lipinski definition) is 3. The number of hydrogen-bond acceptors (Lipinski definition) is 6. The molecule has 0 rings (SSSR count). The van der Waals surface area contributed by atoms with Crippen LogP contribution in [0.25, 0.3) is 0 Å². The molecule has 0 aliphatic carbocycles. The van der Waals surface area contributed by atoms with Crippen molar-refractivity contribution in [1.82, 2.24) is 0 Å². The van der Waals surface area contributed by atoms with Crippen molar-refractivity contribution in [3.63, 3.8) is 0 Å². The van der Waals surface area contributed by atoms with Crippen LogP contribution >= 0.6 is 0 Å². The molecule has 0 atom stereocenters. The van der Waals surface area contributed by atoms with Crippen molar-refractivity contribution in [3.8, 4) is 0 Å². The molecule has 6 heteroatoms. The Hall–Kier alpha value is -0.240. The minimum Gasteiger partial charge on any atom is -0.330 e. The first-order valence-corrected chi connectivity index (χ1v) is 7.26. The van der Waals surface area contributed by atoms with Gasteiger partial charge < -0.3 is 31.4 Å². The van der Waals surface area contributed by atoms with E-state index in [1.807, 2.05) is 0 Å². The van der Waals surface area contributed by atoms with Crippen LogP contribution < -0.4 is 17.2 Å². The molecule has 0 aliphatic heterocycles. The maximum absolute atomic E-state index is 5.80. The molecule has 0 saturated carbocycles. The van der Waals surface area contributed by atoms with Crippen LogP contribution in [-0.4, -0.2) is 45.4 Å². The molecule has 6 nitrogen and oxygen atoms in total. The van der Waals surface area contributed by atoms with E-state index in [1.54, 1.807) is 0 Å². The largest absolute Gasteiger partial charge is 0.330 e. The monoisotopic (exact) mass is 277 g/mol. The summed E-state index contributed by atoms with van der Waals surface area (Å²) < 4.78 is 17.4. The minimum atomic E-state index is -0.964. The first-order chi connectivity index (χ1) is 9.24. The van der Waals surface area contributed by atoms with Crippen LogP contribution in [0.2, 0.25) is 0 Å². The second-order valence-corrected chi connectivity index (χ2v) is 4.41.